The molecule has 0 aliphatic rings. The van der Waals surface area contributed by atoms with Crippen molar-refractivity contribution in [3.05, 3.63) is 0 Å². The van der Waals surface area contributed by atoms with Gasteiger partial charge in [-0.2, -0.15) is 0 Å². The summed E-state index contributed by atoms with van der Waals surface area (Å²) in [7, 11) is -1.29. The van der Waals surface area contributed by atoms with Crippen molar-refractivity contribution in [2.45, 2.75) is 53.8 Å². The van der Waals surface area contributed by atoms with E-state index in [4.69, 9.17) is 0 Å². The van der Waals surface area contributed by atoms with Crippen LogP contribution in [0.25, 0.3) is 0 Å². The molecule has 0 N–H and O–H groups in total. The molecule has 0 saturated heterocycles. The zero-order chi connectivity index (χ0) is 12.3. The maximum atomic E-state index is 11.7. The van der Waals surface area contributed by atoms with Crippen LogP contribution in [0.3, 0.4) is 0 Å². The standard InChI is InChI=1S/C13H24OSi/c1-11(8-9-15(5,6)7)10-12(14)13(2,3)4/h11H,10H2,1-7H3. The summed E-state index contributed by atoms with van der Waals surface area (Å²) in [5, 5.41) is 0. The Morgan fingerprint density at radius 2 is 1.73 bits per heavy atom. The fraction of sp³-hybridized carbons (Fsp3) is 0.769. The lowest BCUT2D eigenvalue weighted by Gasteiger charge is -2.17. The molecule has 0 aromatic rings. The van der Waals surface area contributed by atoms with Crippen molar-refractivity contribution in [2.24, 2.45) is 11.3 Å². The molecule has 0 spiro atoms. The fourth-order valence-corrected chi connectivity index (χ4v) is 1.65. The van der Waals surface area contributed by atoms with Crippen LogP contribution in [-0.4, -0.2) is 13.9 Å². The van der Waals surface area contributed by atoms with Crippen molar-refractivity contribution in [1.29, 1.82) is 0 Å². The highest BCUT2D eigenvalue weighted by atomic mass is 28.3. The SMILES string of the molecule is CC(C#C[Si](C)(C)C)CC(=O)C(C)(C)C. The number of hydrogen-bond acceptors (Lipinski definition) is 1. The lowest BCUT2D eigenvalue weighted by Crippen LogP contribution is -2.22. The molecule has 0 aromatic heterocycles. The number of Topliss-reactive ketones (excluding diaryl/α,β-unsaturated/α-hetero) is 1. The molecule has 0 bridgehead atoms. The molecule has 0 fully saturated rings. The van der Waals surface area contributed by atoms with Gasteiger partial charge in [0.25, 0.3) is 0 Å². The Morgan fingerprint density at radius 3 is 2.07 bits per heavy atom. The van der Waals surface area contributed by atoms with Gasteiger partial charge in [-0.1, -0.05) is 47.3 Å². The summed E-state index contributed by atoms with van der Waals surface area (Å²) >= 11 is 0. The van der Waals surface area contributed by atoms with Gasteiger partial charge >= 0.3 is 0 Å². The minimum Gasteiger partial charge on any atom is -0.299 e. The zero-order valence-electron chi connectivity index (χ0n) is 11.2. The first-order valence-corrected chi connectivity index (χ1v) is 9.08. The van der Waals surface area contributed by atoms with Crippen LogP contribution in [0.4, 0.5) is 0 Å². The van der Waals surface area contributed by atoms with E-state index in [1.807, 2.05) is 27.7 Å². The predicted molar refractivity (Wildman–Crippen MR) is 69.4 cm³/mol. The quantitative estimate of drug-likeness (QED) is 0.518. The van der Waals surface area contributed by atoms with Gasteiger partial charge in [0.15, 0.2) is 0 Å². The second kappa shape index (κ2) is 4.98. The lowest BCUT2D eigenvalue weighted by molar-refractivity contribution is -0.126. The van der Waals surface area contributed by atoms with E-state index in [0.717, 1.165) is 0 Å². The molecule has 0 radical (unpaired) electrons. The monoisotopic (exact) mass is 224 g/mol. The normalized spacial score (nSPS) is 14.1. The average molecular weight is 224 g/mol. The third kappa shape index (κ3) is 7.38. The van der Waals surface area contributed by atoms with Crippen LogP contribution >= 0.6 is 0 Å². The van der Waals surface area contributed by atoms with Crippen molar-refractivity contribution in [3.8, 4) is 11.5 Å². The van der Waals surface area contributed by atoms with Crippen LogP contribution < -0.4 is 0 Å². The maximum absolute atomic E-state index is 11.7. The summed E-state index contributed by atoms with van der Waals surface area (Å²) in [6.07, 6.45) is 0.584. The van der Waals surface area contributed by atoms with Crippen molar-refractivity contribution in [3.63, 3.8) is 0 Å². The van der Waals surface area contributed by atoms with Crippen LogP contribution in [-0.2, 0) is 4.79 Å². The Bertz CT molecular complexity index is 280. The van der Waals surface area contributed by atoms with E-state index in [1.54, 1.807) is 0 Å². The maximum Gasteiger partial charge on any atom is 0.139 e. The van der Waals surface area contributed by atoms with Gasteiger partial charge in [-0.05, 0) is 0 Å². The lowest BCUT2D eigenvalue weighted by atomic mass is 9.86. The first-order chi connectivity index (χ1) is 6.52. The summed E-state index contributed by atoms with van der Waals surface area (Å²) in [4.78, 5) is 11.7. The molecule has 0 aliphatic heterocycles. The number of rotatable bonds is 2. The second-order valence-electron chi connectivity index (χ2n) is 6.30. The topological polar surface area (TPSA) is 17.1 Å². The third-order valence-electron chi connectivity index (χ3n) is 2.02. The third-order valence-corrected chi connectivity index (χ3v) is 2.92. The Morgan fingerprint density at radius 1 is 1.27 bits per heavy atom. The van der Waals surface area contributed by atoms with Crippen LogP contribution in [0.15, 0.2) is 0 Å². The highest BCUT2D eigenvalue weighted by molar-refractivity contribution is 6.83. The van der Waals surface area contributed by atoms with Crippen molar-refractivity contribution >= 4 is 13.9 Å². The summed E-state index contributed by atoms with van der Waals surface area (Å²) in [6, 6.07) is 0. The number of carbonyl (C=O) groups is 1. The molecule has 1 atom stereocenters. The van der Waals surface area contributed by atoms with Crippen molar-refractivity contribution in [2.75, 3.05) is 0 Å². The molecule has 0 aromatic carbocycles. The molecule has 0 rings (SSSR count). The van der Waals surface area contributed by atoms with Gasteiger partial charge in [0.05, 0.1) is 0 Å². The van der Waals surface area contributed by atoms with Crippen LogP contribution in [0, 0.1) is 22.8 Å². The Kier molecular flexibility index (Phi) is 4.80. The molecule has 2 heteroatoms. The molecule has 15 heavy (non-hydrogen) atoms. The Balaban J connectivity index is 4.33. The van der Waals surface area contributed by atoms with Crippen molar-refractivity contribution < 1.29 is 4.79 Å². The van der Waals surface area contributed by atoms with Crippen molar-refractivity contribution in [1.82, 2.24) is 0 Å². The highest BCUT2D eigenvalue weighted by Gasteiger charge is 2.22. The first-order valence-electron chi connectivity index (χ1n) is 5.58. The average Bonchev–Trinajstić information content (AvgIpc) is 1.97. The van der Waals surface area contributed by atoms with Gasteiger partial charge in [-0.3, -0.25) is 4.79 Å². The van der Waals surface area contributed by atoms with E-state index < -0.39 is 8.07 Å². The van der Waals surface area contributed by atoms with Crippen LogP contribution in [0.2, 0.25) is 19.6 Å². The van der Waals surface area contributed by atoms with Crippen LogP contribution in [0.1, 0.15) is 34.1 Å². The minimum atomic E-state index is -1.29. The molecule has 0 aliphatic carbocycles. The highest BCUT2D eigenvalue weighted by Crippen LogP contribution is 2.19. The Hall–Kier alpha value is -0.553. The van der Waals surface area contributed by atoms with E-state index in [1.165, 1.54) is 0 Å². The minimum absolute atomic E-state index is 0.198. The van der Waals surface area contributed by atoms with Gasteiger partial charge in [-0.25, -0.2) is 0 Å². The van der Waals surface area contributed by atoms with E-state index in [-0.39, 0.29) is 11.3 Å². The smallest absolute Gasteiger partial charge is 0.139 e. The molecule has 0 amide bonds. The van der Waals surface area contributed by atoms with Crippen LogP contribution in [0.5, 0.6) is 0 Å². The molecule has 1 unspecified atom stereocenters. The Labute approximate surface area is 95.7 Å². The number of carbonyl (C=O) groups excluding carboxylic acids is 1. The van der Waals surface area contributed by atoms with Gasteiger partial charge in [-0.15, -0.1) is 11.5 Å². The summed E-state index contributed by atoms with van der Waals surface area (Å²) in [5.41, 5.74) is 3.09. The first kappa shape index (κ1) is 14.4. The molecule has 0 saturated carbocycles. The molecule has 0 heterocycles. The van der Waals surface area contributed by atoms with Gasteiger partial charge in [0, 0.05) is 17.8 Å². The zero-order valence-corrected chi connectivity index (χ0v) is 12.2. The van der Waals surface area contributed by atoms with E-state index in [2.05, 4.69) is 31.1 Å². The predicted octanol–water partition coefficient (Wildman–Crippen LogP) is 3.51. The molecular weight excluding hydrogens is 200 g/mol. The van der Waals surface area contributed by atoms with Gasteiger partial charge < -0.3 is 0 Å². The van der Waals surface area contributed by atoms with E-state index in [9.17, 15) is 4.79 Å². The second-order valence-corrected chi connectivity index (χ2v) is 11.0. The van der Waals surface area contributed by atoms with E-state index in [0.29, 0.717) is 12.2 Å². The van der Waals surface area contributed by atoms with Gasteiger partial charge in [0.1, 0.15) is 13.9 Å². The fourth-order valence-electron chi connectivity index (χ4n) is 0.975. The number of ketones is 1. The largest absolute Gasteiger partial charge is 0.299 e. The molecule has 86 valence electrons. The summed E-state index contributed by atoms with van der Waals surface area (Å²) in [6.45, 7) is 14.6. The molecular formula is C13H24OSi. The van der Waals surface area contributed by atoms with Gasteiger partial charge in [0.2, 0.25) is 0 Å². The van der Waals surface area contributed by atoms with E-state index >= 15 is 0 Å². The summed E-state index contributed by atoms with van der Waals surface area (Å²) in [5.74, 6) is 3.72. The molecule has 1 nitrogen and oxygen atoms in total. The number of hydrogen-bond donors (Lipinski definition) is 0. The summed E-state index contributed by atoms with van der Waals surface area (Å²) < 4.78 is 0.